The van der Waals surface area contributed by atoms with Crippen molar-refractivity contribution in [1.29, 1.82) is 0 Å². The van der Waals surface area contributed by atoms with Crippen molar-refractivity contribution in [2.24, 2.45) is 4.99 Å². The van der Waals surface area contributed by atoms with Gasteiger partial charge in [0, 0.05) is 31.0 Å². The van der Waals surface area contributed by atoms with Crippen molar-refractivity contribution in [1.82, 2.24) is 14.8 Å². The monoisotopic (exact) mass is 685 g/mol. The molecule has 4 aromatic rings. The third-order valence-electron chi connectivity index (χ3n) is 7.24. The lowest BCUT2D eigenvalue weighted by Gasteiger charge is -2.22. The molecule has 1 aromatic heterocycles. The summed E-state index contributed by atoms with van der Waals surface area (Å²) in [5.74, 6) is 0.288. The Kier molecular flexibility index (Phi) is 9.45. The van der Waals surface area contributed by atoms with Crippen LogP contribution in [0.25, 0.3) is 17.1 Å². The standard InChI is InChI=1S/C31H30F3N7O4S2/c1-5-6-20-7-9-23(39(3)4)16-26(20)41-27(42)17-46-30(41)37-29(43)36-25-14-8-21(15-19(25)2)28-35-18-40(38-28)22-10-12-24(13-11-22)47(44,45)31(32,33)34/h7-16,18H,5-6,17H2,1-4H3,(H,36,43). The number of hydrogen-bond donors (Lipinski definition) is 1. The van der Waals surface area contributed by atoms with Crippen molar-refractivity contribution in [2.45, 2.75) is 37.1 Å². The van der Waals surface area contributed by atoms with E-state index in [-0.39, 0.29) is 22.7 Å². The maximum atomic E-state index is 13.1. The average Bonchev–Trinajstić information content (AvgIpc) is 3.65. The van der Waals surface area contributed by atoms with Crippen LogP contribution in [-0.4, -0.2) is 65.6 Å². The molecule has 11 nitrogen and oxygen atoms in total. The van der Waals surface area contributed by atoms with Crippen molar-refractivity contribution in [3.8, 4) is 17.1 Å². The van der Waals surface area contributed by atoms with Gasteiger partial charge in [0.1, 0.15) is 6.33 Å². The molecule has 1 aliphatic heterocycles. The van der Waals surface area contributed by atoms with Crippen molar-refractivity contribution >= 4 is 55.8 Å². The molecule has 0 spiro atoms. The molecular formula is C31H30F3N7O4S2. The van der Waals surface area contributed by atoms with Gasteiger partial charge in [0.25, 0.3) is 9.84 Å². The van der Waals surface area contributed by atoms with Crippen molar-refractivity contribution in [3.63, 3.8) is 0 Å². The number of aliphatic imine (C=N–C) groups is 1. The van der Waals surface area contributed by atoms with Crippen LogP contribution in [0.4, 0.5) is 35.0 Å². The molecule has 0 bridgehead atoms. The van der Waals surface area contributed by atoms with E-state index in [9.17, 15) is 31.2 Å². The van der Waals surface area contributed by atoms with Crippen LogP contribution >= 0.6 is 11.8 Å². The molecule has 5 rings (SSSR count). The van der Waals surface area contributed by atoms with Crippen LogP contribution in [-0.2, 0) is 21.1 Å². The zero-order chi connectivity index (χ0) is 34.1. The van der Waals surface area contributed by atoms with Gasteiger partial charge in [-0.3, -0.25) is 9.69 Å². The highest BCUT2D eigenvalue weighted by molar-refractivity contribution is 8.15. The maximum absolute atomic E-state index is 13.1. The van der Waals surface area contributed by atoms with Gasteiger partial charge in [-0.05, 0) is 79.1 Å². The number of carbonyl (C=O) groups is 2. The number of hydrogen-bond acceptors (Lipinski definition) is 8. The summed E-state index contributed by atoms with van der Waals surface area (Å²) < 4.78 is 63.2. The molecule has 3 amide bonds. The number of aromatic nitrogens is 3. The van der Waals surface area contributed by atoms with Gasteiger partial charge in [-0.2, -0.15) is 18.2 Å². The topological polar surface area (TPSA) is 130 Å². The van der Waals surface area contributed by atoms with E-state index in [1.165, 1.54) is 39.8 Å². The highest BCUT2D eigenvalue weighted by atomic mass is 32.2. The molecule has 0 saturated carbocycles. The summed E-state index contributed by atoms with van der Waals surface area (Å²) in [6, 6.07) is 14.4. The molecular weight excluding hydrogens is 656 g/mol. The number of amidine groups is 1. The minimum Gasteiger partial charge on any atom is -0.378 e. The van der Waals surface area contributed by atoms with Gasteiger partial charge in [0.15, 0.2) is 11.0 Å². The van der Waals surface area contributed by atoms with Gasteiger partial charge in [-0.15, -0.1) is 5.10 Å². The first kappa shape index (κ1) is 33.7. The third-order valence-corrected chi connectivity index (χ3v) is 9.67. The summed E-state index contributed by atoms with van der Waals surface area (Å²) in [6.45, 7) is 3.83. The minimum atomic E-state index is -5.47. The predicted octanol–water partition coefficient (Wildman–Crippen LogP) is 6.22. The SMILES string of the molecule is CCCc1ccc(N(C)C)cc1N1C(=O)CSC1=NC(=O)Nc1ccc(-c2ncn(-c3ccc(S(=O)(=O)C(F)(F)F)cc3)n2)cc1C. The van der Waals surface area contributed by atoms with Crippen molar-refractivity contribution in [2.75, 3.05) is 35.0 Å². The number of amides is 3. The van der Waals surface area contributed by atoms with Crippen LogP contribution in [0.1, 0.15) is 24.5 Å². The summed E-state index contributed by atoms with van der Waals surface area (Å²) in [6.07, 6.45) is 2.98. The number of urea groups is 1. The second-order valence-electron chi connectivity index (χ2n) is 10.8. The summed E-state index contributed by atoms with van der Waals surface area (Å²) in [4.78, 5) is 37.1. The average molecular weight is 686 g/mol. The molecule has 0 unspecified atom stereocenters. The lowest BCUT2D eigenvalue weighted by atomic mass is 10.1. The van der Waals surface area contributed by atoms with E-state index in [2.05, 4.69) is 27.3 Å². The van der Waals surface area contributed by atoms with E-state index in [1.54, 1.807) is 25.1 Å². The van der Waals surface area contributed by atoms with Gasteiger partial charge in [0.05, 0.1) is 22.0 Å². The van der Waals surface area contributed by atoms with Gasteiger partial charge in [-0.25, -0.2) is 22.9 Å². The van der Waals surface area contributed by atoms with Crippen LogP contribution in [0.2, 0.25) is 0 Å². The van der Waals surface area contributed by atoms with Gasteiger partial charge in [-0.1, -0.05) is 31.2 Å². The zero-order valence-electron chi connectivity index (χ0n) is 25.7. The van der Waals surface area contributed by atoms with Gasteiger partial charge >= 0.3 is 11.5 Å². The number of benzene rings is 3. The molecule has 1 fully saturated rings. The van der Waals surface area contributed by atoms with Gasteiger partial charge < -0.3 is 10.2 Å². The second-order valence-corrected chi connectivity index (χ2v) is 13.7. The Hall–Kier alpha value is -4.70. The first-order valence-corrected chi connectivity index (χ1v) is 16.8. The quantitative estimate of drug-likeness (QED) is 0.231. The zero-order valence-corrected chi connectivity index (χ0v) is 27.4. The first-order chi connectivity index (χ1) is 22.2. The Morgan fingerprint density at radius 3 is 2.45 bits per heavy atom. The van der Waals surface area contributed by atoms with E-state index in [0.717, 1.165) is 36.2 Å². The predicted molar refractivity (Wildman–Crippen MR) is 176 cm³/mol. The molecule has 0 atom stereocenters. The fraction of sp³-hybridized carbons (Fsp3) is 0.258. The number of nitrogens with one attached hydrogen (secondary N) is 1. The van der Waals surface area contributed by atoms with E-state index < -0.39 is 26.3 Å². The fourth-order valence-corrected chi connectivity index (χ4v) is 6.43. The second kappa shape index (κ2) is 13.2. The van der Waals surface area contributed by atoms with Crippen LogP contribution in [0.15, 0.2) is 76.9 Å². The van der Waals surface area contributed by atoms with E-state index in [4.69, 9.17) is 0 Å². The molecule has 0 radical (unpaired) electrons. The minimum absolute atomic E-state index is 0.161. The maximum Gasteiger partial charge on any atom is 0.501 e. The smallest absolute Gasteiger partial charge is 0.378 e. The van der Waals surface area contributed by atoms with Crippen LogP contribution in [0.5, 0.6) is 0 Å². The van der Waals surface area contributed by atoms with E-state index in [0.29, 0.717) is 28.2 Å². The molecule has 2 heterocycles. The number of nitrogens with zero attached hydrogens (tertiary/aromatic N) is 6. The van der Waals surface area contributed by atoms with E-state index >= 15 is 0 Å². The van der Waals surface area contributed by atoms with Crippen LogP contribution < -0.4 is 15.1 Å². The van der Waals surface area contributed by atoms with Crippen LogP contribution in [0, 0.1) is 6.92 Å². The van der Waals surface area contributed by atoms with Gasteiger partial charge in [0.2, 0.25) is 5.91 Å². The lowest BCUT2D eigenvalue weighted by Crippen LogP contribution is -2.31. The van der Waals surface area contributed by atoms with Crippen molar-refractivity contribution < 1.29 is 31.2 Å². The number of sulfone groups is 1. The molecule has 1 N–H and O–H groups in total. The van der Waals surface area contributed by atoms with E-state index in [1.807, 2.05) is 37.2 Å². The number of thioether (sulfide) groups is 1. The highest BCUT2D eigenvalue weighted by Gasteiger charge is 2.46. The number of alkyl halides is 3. The Morgan fingerprint density at radius 1 is 1.09 bits per heavy atom. The summed E-state index contributed by atoms with van der Waals surface area (Å²) in [5, 5.41) is 7.41. The molecule has 0 aliphatic carbocycles. The molecule has 3 aromatic carbocycles. The largest absolute Gasteiger partial charge is 0.501 e. The number of carbonyl (C=O) groups excluding carboxylic acids is 2. The Labute approximate surface area is 273 Å². The molecule has 246 valence electrons. The normalized spacial score (nSPS) is 14.6. The lowest BCUT2D eigenvalue weighted by molar-refractivity contribution is -0.115. The van der Waals surface area contributed by atoms with Crippen molar-refractivity contribution in [3.05, 3.63) is 78.1 Å². The number of halogens is 3. The summed E-state index contributed by atoms with van der Waals surface area (Å²) in [7, 11) is -1.64. The summed E-state index contributed by atoms with van der Waals surface area (Å²) in [5.41, 5.74) is -0.762. The number of rotatable bonds is 8. The molecule has 1 aliphatic rings. The van der Waals surface area contributed by atoms with Crippen LogP contribution in [0.3, 0.4) is 0 Å². The number of anilines is 3. The molecule has 47 heavy (non-hydrogen) atoms. The third kappa shape index (κ3) is 7.02. The highest BCUT2D eigenvalue weighted by Crippen LogP contribution is 2.34. The Bertz CT molecular complexity index is 1980. The molecule has 1 saturated heterocycles. The summed E-state index contributed by atoms with van der Waals surface area (Å²) >= 11 is 1.19. The Morgan fingerprint density at radius 2 is 1.81 bits per heavy atom. The Balaban J connectivity index is 1.33. The molecule has 16 heteroatoms. The first-order valence-electron chi connectivity index (χ1n) is 14.3. The number of aryl methyl sites for hydroxylation is 2. The fourth-order valence-electron chi connectivity index (χ4n) is 4.81.